The first-order valence-electron chi connectivity index (χ1n) is 19.5. The molecule has 0 atom stereocenters. The Kier molecular flexibility index (Phi) is 7.76. The average Bonchev–Trinajstić information content (AvgIpc) is 3.79. The van der Waals surface area contributed by atoms with E-state index in [-0.39, 0.29) is 0 Å². The fraction of sp³-hybridized carbons (Fsp3) is 0. The minimum Gasteiger partial charge on any atom is -0.455 e. The number of hydrogen-bond donors (Lipinski definition) is 0. The Labute approximate surface area is 334 Å². The minimum absolute atomic E-state index is 0.631. The molecule has 0 amide bonds. The first-order valence-corrected chi connectivity index (χ1v) is 19.5. The van der Waals surface area contributed by atoms with Gasteiger partial charge in [0, 0.05) is 43.5 Å². The Morgan fingerprint density at radius 3 is 2.02 bits per heavy atom. The summed E-state index contributed by atoms with van der Waals surface area (Å²) in [5, 5.41) is 7.53. The maximum Gasteiger partial charge on any atom is 0.235 e. The summed E-state index contributed by atoms with van der Waals surface area (Å²) in [6.07, 6.45) is 1.86. The lowest BCUT2D eigenvalue weighted by Gasteiger charge is -2.14. The summed E-state index contributed by atoms with van der Waals surface area (Å²) >= 11 is 0. The molecule has 0 aliphatic heterocycles. The van der Waals surface area contributed by atoms with Crippen molar-refractivity contribution in [3.63, 3.8) is 0 Å². The molecule has 58 heavy (non-hydrogen) atoms. The molecule has 0 N–H and O–H groups in total. The molecule has 3 heterocycles. The number of para-hydroxylation sites is 3. The van der Waals surface area contributed by atoms with Crippen LogP contribution in [-0.2, 0) is 0 Å². The molecule has 11 aromatic rings. The molecule has 0 saturated carbocycles. The summed E-state index contributed by atoms with van der Waals surface area (Å²) in [5.74, 6) is 0.631. The second kappa shape index (κ2) is 13.4. The molecule has 0 aliphatic rings. The van der Waals surface area contributed by atoms with Crippen LogP contribution in [0.3, 0.4) is 0 Å². The molecule has 0 spiro atoms. The van der Waals surface area contributed by atoms with Gasteiger partial charge in [-0.15, -0.1) is 0 Å². The Morgan fingerprint density at radius 1 is 0.534 bits per heavy atom. The predicted molar refractivity (Wildman–Crippen MR) is 241 cm³/mol. The Balaban J connectivity index is 1.14. The largest absolute Gasteiger partial charge is 0.455 e. The molecule has 0 unspecified atom stereocenters. The van der Waals surface area contributed by atoms with Gasteiger partial charge in [0.15, 0.2) is 0 Å². The molecule has 0 radical (unpaired) electrons. The van der Waals surface area contributed by atoms with Gasteiger partial charge >= 0.3 is 0 Å². The van der Waals surface area contributed by atoms with E-state index in [9.17, 15) is 0 Å². The zero-order valence-electron chi connectivity index (χ0n) is 31.6. The van der Waals surface area contributed by atoms with E-state index < -0.39 is 0 Å². The number of benzene rings is 8. The van der Waals surface area contributed by atoms with Crippen LogP contribution in [0.4, 0.5) is 0 Å². The molecule has 0 saturated heterocycles. The number of aromatic nitrogens is 3. The van der Waals surface area contributed by atoms with Crippen LogP contribution in [0.2, 0.25) is 0 Å². The van der Waals surface area contributed by atoms with Crippen LogP contribution in [0.5, 0.6) is 0 Å². The number of nitrogens with zero attached hydrogens (tertiary/aromatic N) is 3. The van der Waals surface area contributed by atoms with Gasteiger partial charge in [-0.2, -0.15) is 0 Å². The molecule has 4 heteroatoms. The van der Waals surface area contributed by atoms with Crippen LogP contribution >= 0.6 is 0 Å². The smallest absolute Gasteiger partial charge is 0.235 e. The van der Waals surface area contributed by atoms with Crippen molar-refractivity contribution in [2.75, 3.05) is 0 Å². The number of allylic oxidation sites excluding steroid dienone is 1. The van der Waals surface area contributed by atoms with Gasteiger partial charge in [-0.1, -0.05) is 165 Å². The number of rotatable bonds is 6. The first kappa shape index (κ1) is 33.5. The standard InChI is InChI=1S/C54H35N3O/c1-3-42(53-34(2)43-24-10-12-29-50(43)58-53)40-22-13-20-36(30-40)37-21-14-23-41(31-37)44-26-15-27-45-47-32-38-18-7-8-19-39(38)33-49(47)57(52(44)45)54-55-48-28-11-9-25-46(48)51(56-54)35-16-5-4-6-17-35/h3-33H,1-2H2/b53-42-. The van der Waals surface area contributed by atoms with Crippen LogP contribution in [0, 0.1) is 0 Å². The highest BCUT2D eigenvalue weighted by atomic mass is 16.3. The van der Waals surface area contributed by atoms with Crippen molar-refractivity contribution in [3.05, 3.63) is 211 Å². The van der Waals surface area contributed by atoms with Crippen LogP contribution in [-0.4, -0.2) is 14.5 Å². The van der Waals surface area contributed by atoms with E-state index in [1.54, 1.807) is 0 Å². The molecule has 8 aromatic carbocycles. The maximum atomic E-state index is 6.34. The van der Waals surface area contributed by atoms with Crippen LogP contribution in [0.15, 0.2) is 199 Å². The normalized spacial score (nSPS) is 12.2. The Bertz CT molecular complexity index is 3560. The lowest BCUT2D eigenvalue weighted by atomic mass is 9.95. The van der Waals surface area contributed by atoms with Gasteiger partial charge in [-0.25, -0.2) is 9.97 Å². The van der Waals surface area contributed by atoms with E-state index in [1.807, 2.05) is 42.5 Å². The third kappa shape index (κ3) is 5.38. The number of furan rings is 1. The van der Waals surface area contributed by atoms with Crippen LogP contribution < -0.4 is 10.6 Å². The highest BCUT2D eigenvalue weighted by Gasteiger charge is 2.21. The van der Waals surface area contributed by atoms with Gasteiger partial charge in [0.05, 0.1) is 22.2 Å². The van der Waals surface area contributed by atoms with Crippen molar-refractivity contribution in [1.82, 2.24) is 14.5 Å². The molecule has 3 aromatic heterocycles. The van der Waals surface area contributed by atoms with Crippen molar-refractivity contribution < 1.29 is 4.42 Å². The van der Waals surface area contributed by atoms with Crippen molar-refractivity contribution >= 4 is 66.6 Å². The third-order valence-electron chi connectivity index (χ3n) is 11.3. The number of hydrogen-bond acceptors (Lipinski definition) is 3. The van der Waals surface area contributed by atoms with Gasteiger partial charge in [-0.3, -0.25) is 4.57 Å². The van der Waals surface area contributed by atoms with Gasteiger partial charge in [0.1, 0.15) is 11.0 Å². The summed E-state index contributed by atoms with van der Waals surface area (Å²) in [6, 6.07) is 63.8. The zero-order valence-corrected chi connectivity index (χ0v) is 31.6. The molecule has 0 bridgehead atoms. The van der Waals surface area contributed by atoms with Crippen LogP contribution in [0.1, 0.15) is 5.56 Å². The SMILES string of the molecule is C=C/C(c1cccc(-c2cccc(-c3cccc4c5cc6ccccc6cc5n(-c5nc(-c6ccccc6)c6ccccc6n5)c34)c2)c1)=c1/oc2ccccc2c1=C. The van der Waals surface area contributed by atoms with E-state index >= 15 is 0 Å². The molecule has 11 rings (SSSR count). The Morgan fingerprint density at radius 2 is 1.19 bits per heavy atom. The van der Waals surface area contributed by atoms with E-state index in [2.05, 4.69) is 163 Å². The zero-order chi connectivity index (χ0) is 38.7. The quantitative estimate of drug-likeness (QED) is 0.170. The average molecular weight is 742 g/mol. The number of fused-ring (bicyclic) bond motifs is 6. The summed E-state index contributed by atoms with van der Waals surface area (Å²) in [7, 11) is 0. The Hall–Kier alpha value is -7.82. The fourth-order valence-corrected chi connectivity index (χ4v) is 8.56. The molecular formula is C54H35N3O. The fourth-order valence-electron chi connectivity index (χ4n) is 8.56. The lowest BCUT2D eigenvalue weighted by molar-refractivity contribution is 0.573. The third-order valence-corrected chi connectivity index (χ3v) is 11.3. The van der Waals surface area contributed by atoms with Crippen molar-refractivity contribution in [1.29, 1.82) is 0 Å². The second-order valence-corrected chi connectivity index (χ2v) is 14.7. The summed E-state index contributed by atoms with van der Waals surface area (Å²) in [6.45, 7) is 8.56. The summed E-state index contributed by atoms with van der Waals surface area (Å²) < 4.78 is 8.61. The van der Waals surface area contributed by atoms with Crippen molar-refractivity contribution in [2.24, 2.45) is 0 Å². The molecule has 4 nitrogen and oxygen atoms in total. The van der Waals surface area contributed by atoms with Crippen molar-refractivity contribution in [3.8, 4) is 39.5 Å². The van der Waals surface area contributed by atoms with Gasteiger partial charge < -0.3 is 4.42 Å². The van der Waals surface area contributed by atoms with E-state index in [0.29, 0.717) is 5.95 Å². The predicted octanol–water partition coefficient (Wildman–Crippen LogP) is 12.4. The molecule has 0 aliphatic carbocycles. The minimum atomic E-state index is 0.631. The monoisotopic (exact) mass is 741 g/mol. The molecule has 0 fully saturated rings. The summed E-state index contributed by atoms with van der Waals surface area (Å²) in [5.41, 5.74) is 12.8. The van der Waals surface area contributed by atoms with Gasteiger partial charge in [0.25, 0.3) is 0 Å². The van der Waals surface area contributed by atoms with Crippen molar-refractivity contribution in [2.45, 2.75) is 0 Å². The van der Waals surface area contributed by atoms with Crippen LogP contribution in [0.25, 0.3) is 106 Å². The van der Waals surface area contributed by atoms with Gasteiger partial charge in [0.2, 0.25) is 5.95 Å². The highest BCUT2D eigenvalue weighted by molar-refractivity contribution is 6.17. The molecular weight excluding hydrogens is 707 g/mol. The summed E-state index contributed by atoms with van der Waals surface area (Å²) in [4.78, 5) is 10.7. The molecule has 272 valence electrons. The van der Waals surface area contributed by atoms with E-state index in [1.165, 1.54) is 5.39 Å². The van der Waals surface area contributed by atoms with Gasteiger partial charge in [-0.05, 0) is 69.4 Å². The van der Waals surface area contributed by atoms with E-state index in [0.717, 1.165) is 104 Å². The topological polar surface area (TPSA) is 43.9 Å². The maximum absolute atomic E-state index is 6.34. The highest BCUT2D eigenvalue weighted by Crippen LogP contribution is 2.41. The van der Waals surface area contributed by atoms with E-state index in [4.69, 9.17) is 14.4 Å². The lowest BCUT2D eigenvalue weighted by Crippen LogP contribution is -2.21. The first-order chi connectivity index (χ1) is 28.6. The second-order valence-electron chi connectivity index (χ2n) is 14.7.